The van der Waals surface area contributed by atoms with Crippen molar-refractivity contribution in [2.45, 2.75) is 97.4 Å². The van der Waals surface area contributed by atoms with Crippen LogP contribution in [-0.4, -0.2) is 67.4 Å². The van der Waals surface area contributed by atoms with Gasteiger partial charge in [0.2, 0.25) is 0 Å². The summed E-state index contributed by atoms with van der Waals surface area (Å²) in [4.78, 5) is 40.3. The SMILES string of the molecule is CC(C)(C)OC(=O)N1CCC/C(=C/CN(Cc2nc3ccccc3n2C(=O)OC(C)(C)C)C2CCCc3cccnc32)C1. The van der Waals surface area contributed by atoms with E-state index in [1.807, 2.05) is 78.1 Å². The molecule has 1 atom stereocenters. The molecule has 1 saturated heterocycles. The minimum absolute atomic E-state index is 0.0687. The molecular weight excluding hydrogens is 542 g/mol. The van der Waals surface area contributed by atoms with Crippen LogP contribution in [0.15, 0.2) is 54.2 Å². The molecule has 0 radical (unpaired) electrons. The number of piperidine rings is 1. The highest BCUT2D eigenvalue weighted by Crippen LogP contribution is 2.34. The number of aromatic nitrogens is 3. The predicted molar refractivity (Wildman–Crippen MR) is 167 cm³/mol. The third-order valence-electron chi connectivity index (χ3n) is 7.74. The molecule has 3 aromatic rings. The van der Waals surface area contributed by atoms with Crippen molar-refractivity contribution >= 4 is 23.2 Å². The van der Waals surface area contributed by atoms with E-state index < -0.39 is 17.3 Å². The molecule has 0 N–H and O–H groups in total. The number of ether oxygens (including phenoxy) is 2. The Hall–Kier alpha value is -3.72. The minimum Gasteiger partial charge on any atom is -0.444 e. The number of hydrogen-bond donors (Lipinski definition) is 0. The van der Waals surface area contributed by atoms with Crippen molar-refractivity contribution in [3.05, 3.63) is 71.3 Å². The second-order valence-corrected chi connectivity index (χ2v) is 13.6. The van der Waals surface area contributed by atoms with Crippen molar-refractivity contribution in [2.75, 3.05) is 19.6 Å². The maximum Gasteiger partial charge on any atom is 0.420 e. The number of aryl methyl sites for hydroxylation is 1. The van der Waals surface area contributed by atoms with Crippen LogP contribution in [-0.2, 0) is 22.4 Å². The van der Waals surface area contributed by atoms with Gasteiger partial charge in [-0.1, -0.05) is 29.8 Å². The lowest BCUT2D eigenvalue weighted by atomic mass is 9.90. The van der Waals surface area contributed by atoms with E-state index in [1.54, 1.807) is 9.47 Å². The zero-order chi connectivity index (χ0) is 30.8. The summed E-state index contributed by atoms with van der Waals surface area (Å²) in [5.74, 6) is 0.635. The molecule has 1 fully saturated rings. The number of likely N-dealkylation sites (tertiary alicyclic amines) is 1. The quantitative estimate of drug-likeness (QED) is 0.296. The van der Waals surface area contributed by atoms with Crippen molar-refractivity contribution in [1.82, 2.24) is 24.3 Å². The van der Waals surface area contributed by atoms with Gasteiger partial charge in [0.1, 0.15) is 17.0 Å². The molecule has 0 bridgehead atoms. The van der Waals surface area contributed by atoms with Gasteiger partial charge in [0.15, 0.2) is 0 Å². The molecule has 9 heteroatoms. The van der Waals surface area contributed by atoms with Gasteiger partial charge >= 0.3 is 12.2 Å². The predicted octanol–water partition coefficient (Wildman–Crippen LogP) is 7.05. The molecular formula is C34H45N5O4. The van der Waals surface area contributed by atoms with Crippen LogP contribution in [0.5, 0.6) is 0 Å². The van der Waals surface area contributed by atoms with Crippen molar-refractivity contribution in [1.29, 1.82) is 0 Å². The second-order valence-electron chi connectivity index (χ2n) is 13.6. The number of benzene rings is 1. The van der Waals surface area contributed by atoms with E-state index in [4.69, 9.17) is 19.4 Å². The summed E-state index contributed by atoms with van der Waals surface area (Å²) in [6.07, 6.45) is 8.27. The maximum absolute atomic E-state index is 13.5. The first-order valence-electron chi connectivity index (χ1n) is 15.4. The van der Waals surface area contributed by atoms with Crippen molar-refractivity contribution in [3.63, 3.8) is 0 Å². The van der Waals surface area contributed by atoms with Crippen molar-refractivity contribution in [3.8, 4) is 0 Å². The monoisotopic (exact) mass is 587 g/mol. The summed E-state index contributed by atoms with van der Waals surface area (Å²) in [6, 6.07) is 11.9. The number of amides is 1. The Kier molecular flexibility index (Phi) is 8.92. The molecule has 2 aliphatic rings. The number of fused-ring (bicyclic) bond motifs is 2. The van der Waals surface area contributed by atoms with E-state index in [0.29, 0.717) is 32.0 Å². The van der Waals surface area contributed by atoms with Crippen LogP contribution in [0.1, 0.15) is 90.3 Å². The zero-order valence-corrected chi connectivity index (χ0v) is 26.4. The van der Waals surface area contributed by atoms with Crippen LogP contribution in [0.4, 0.5) is 9.59 Å². The normalized spacial score (nSPS) is 18.6. The number of pyridine rings is 1. The largest absolute Gasteiger partial charge is 0.444 e. The number of hydrogen-bond acceptors (Lipinski definition) is 7. The molecule has 43 heavy (non-hydrogen) atoms. The molecule has 2 aromatic heterocycles. The molecule has 5 rings (SSSR count). The Labute approximate surface area is 254 Å². The molecule has 1 aliphatic carbocycles. The highest BCUT2D eigenvalue weighted by molar-refractivity contribution is 5.87. The van der Waals surface area contributed by atoms with E-state index in [2.05, 4.69) is 17.0 Å². The summed E-state index contributed by atoms with van der Waals surface area (Å²) in [5, 5.41) is 0. The van der Waals surface area contributed by atoms with Crippen LogP contribution in [0, 0.1) is 0 Å². The number of carbonyl (C=O) groups is 2. The smallest absolute Gasteiger partial charge is 0.420 e. The lowest BCUT2D eigenvalue weighted by Gasteiger charge is -2.35. The molecule has 9 nitrogen and oxygen atoms in total. The Balaban J connectivity index is 1.47. The zero-order valence-electron chi connectivity index (χ0n) is 26.4. The van der Waals surface area contributed by atoms with E-state index in [9.17, 15) is 9.59 Å². The van der Waals surface area contributed by atoms with Crippen LogP contribution in [0.2, 0.25) is 0 Å². The summed E-state index contributed by atoms with van der Waals surface area (Å²) >= 11 is 0. The minimum atomic E-state index is -0.642. The third-order valence-corrected chi connectivity index (χ3v) is 7.74. The van der Waals surface area contributed by atoms with Gasteiger partial charge in [0.05, 0.1) is 29.3 Å². The van der Waals surface area contributed by atoms with Gasteiger partial charge in [0, 0.05) is 25.8 Å². The number of imidazole rings is 1. The molecule has 1 aromatic carbocycles. The van der Waals surface area contributed by atoms with Gasteiger partial charge in [0.25, 0.3) is 0 Å². The van der Waals surface area contributed by atoms with Gasteiger partial charge in [-0.15, -0.1) is 0 Å². The first-order valence-corrected chi connectivity index (χ1v) is 15.4. The van der Waals surface area contributed by atoms with E-state index in [-0.39, 0.29) is 12.1 Å². The number of rotatable bonds is 5. The summed E-state index contributed by atoms with van der Waals surface area (Å²) < 4.78 is 13.1. The topological polar surface area (TPSA) is 89.8 Å². The number of para-hydroxylation sites is 2. The molecule has 1 unspecified atom stereocenters. The molecule has 0 spiro atoms. The summed E-state index contributed by atoms with van der Waals surface area (Å²) in [6.45, 7) is 13.6. The molecule has 0 saturated carbocycles. The highest BCUT2D eigenvalue weighted by atomic mass is 16.6. The van der Waals surface area contributed by atoms with Crippen molar-refractivity contribution < 1.29 is 19.1 Å². The second kappa shape index (κ2) is 12.5. The highest BCUT2D eigenvalue weighted by Gasteiger charge is 2.31. The number of carbonyl (C=O) groups excluding carboxylic acids is 2. The molecule has 1 amide bonds. The lowest BCUT2D eigenvalue weighted by molar-refractivity contribution is 0.0246. The van der Waals surface area contributed by atoms with Gasteiger partial charge in [-0.05, 0) is 97.4 Å². The van der Waals surface area contributed by atoms with E-state index in [1.165, 1.54) is 11.1 Å². The average molecular weight is 588 g/mol. The fraction of sp³-hybridized carbons (Fsp3) is 0.529. The van der Waals surface area contributed by atoms with Crippen LogP contribution in [0.25, 0.3) is 11.0 Å². The van der Waals surface area contributed by atoms with E-state index >= 15 is 0 Å². The number of nitrogens with zero attached hydrogens (tertiary/aromatic N) is 5. The molecule has 230 valence electrons. The summed E-state index contributed by atoms with van der Waals surface area (Å²) in [5.41, 5.74) is 3.88. The van der Waals surface area contributed by atoms with Gasteiger partial charge in [-0.25, -0.2) is 19.1 Å². The first kappa shape index (κ1) is 30.7. The van der Waals surface area contributed by atoms with Crippen LogP contribution in [0.3, 0.4) is 0 Å². The van der Waals surface area contributed by atoms with Gasteiger partial charge in [-0.2, -0.15) is 0 Å². The average Bonchev–Trinajstić information content (AvgIpc) is 3.31. The van der Waals surface area contributed by atoms with Gasteiger partial charge in [-0.3, -0.25) is 9.88 Å². The standard InChI is InChI=1S/C34H45N5O4/c1-33(2,3)42-31(40)38-20-11-12-24(22-38)18-21-37(28-17-9-13-25-14-10-19-35-30(25)28)23-29-36-26-15-7-8-16-27(26)39(29)32(41)43-34(4,5)6/h7-8,10,14-16,18-19,28H,9,11-13,17,20-23H2,1-6H3/b24-18-. The molecule has 1 aliphatic heterocycles. The Morgan fingerprint density at radius 3 is 2.49 bits per heavy atom. The Morgan fingerprint density at radius 2 is 1.72 bits per heavy atom. The van der Waals surface area contributed by atoms with E-state index in [0.717, 1.165) is 48.8 Å². The Morgan fingerprint density at radius 1 is 0.977 bits per heavy atom. The lowest BCUT2D eigenvalue weighted by Crippen LogP contribution is -2.41. The van der Waals surface area contributed by atoms with Crippen LogP contribution < -0.4 is 0 Å². The first-order chi connectivity index (χ1) is 20.4. The molecule has 3 heterocycles. The summed E-state index contributed by atoms with van der Waals surface area (Å²) in [7, 11) is 0. The Bertz CT molecular complexity index is 1500. The van der Waals surface area contributed by atoms with Gasteiger partial charge < -0.3 is 14.4 Å². The maximum atomic E-state index is 13.5. The van der Waals surface area contributed by atoms with Crippen molar-refractivity contribution in [2.24, 2.45) is 0 Å². The van der Waals surface area contributed by atoms with Crippen LogP contribution >= 0.6 is 0 Å². The fourth-order valence-corrected chi connectivity index (χ4v) is 5.91. The fourth-order valence-electron chi connectivity index (χ4n) is 5.91. The third kappa shape index (κ3) is 7.63.